The molecular weight excluding hydrogens is 186 g/mol. The van der Waals surface area contributed by atoms with Crippen LogP contribution in [0, 0.1) is 0 Å². The van der Waals surface area contributed by atoms with Crippen molar-refractivity contribution in [3.63, 3.8) is 0 Å². The van der Waals surface area contributed by atoms with Crippen molar-refractivity contribution in [2.75, 3.05) is 0 Å². The molecule has 1 aromatic rings. The molecule has 0 saturated carbocycles. The van der Waals surface area contributed by atoms with E-state index in [0.717, 1.165) is 11.1 Å². The van der Waals surface area contributed by atoms with Crippen LogP contribution in [-0.4, -0.2) is 11.8 Å². The lowest BCUT2D eigenvalue weighted by Crippen LogP contribution is -2.38. The molecular formula is C10H10ClNO. The van der Waals surface area contributed by atoms with Crippen molar-refractivity contribution in [2.24, 2.45) is 5.73 Å². The van der Waals surface area contributed by atoms with Crippen molar-refractivity contribution in [1.82, 2.24) is 0 Å². The number of hydrogen-bond donors (Lipinski definition) is 1. The van der Waals surface area contributed by atoms with Crippen molar-refractivity contribution >= 4 is 17.4 Å². The minimum Gasteiger partial charge on any atom is -0.321 e. The second-order valence-corrected chi connectivity index (χ2v) is 3.71. The van der Waals surface area contributed by atoms with Gasteiger partial charge in [-0.3, -0.25) is 4.79 Å². The molecule has 2 rings (SSSR count). The summed E-state index contributed by atoms with van der Waals surface area (Å²) in [5, 5.41) is -0.556. The SMILES string of the molecule is NC1Cc2ccccc2C(Cl)C1=O. The Labute approximate surface area is 81.7 Å². The normalized spacial score (nSPS) is 27.1. The summed E-state index contributed by atoms with van der Waals surface area (Å²) in [5.41, 5.74) is 7.65. The summed E-state index contributed by atoms with van der Waals surface area (Å²) in [4.78, 5) is 11.4. The van der Waals surface area contributed by atoms with Crippen molar-refractivity contribution in [3.05, 3.63) is 35.4 Å². The van der Waals surface area contributed by atoms with Gasteiger partial charge in [-0.25, -0.2) is 0 Å². The fourth-order valence-corrected chi connectivity index (χ4v) is 2.02. The van der Waals surface area contributed by atoms with Crippen LogP contribution in [0.5, 0.6) is 0 Å². The van der Waals surface area contributed by atoms with Gasteiger partial charge in [0.15, 0.2) is 5.78 Å². The van der Waals surface area contributed by atoms with Gasteiger partial charge in [-0.1, -0.05) is 24.3 Å². The first-order chi connectivity index (χ1) is 6.20. The van der Waals surface area contributed by atoms with Crippen LogP contribution < -0.4 is 5.73 Å². The number of fused-ring (bicyclic) bond motifs is 1. The molecule has 0 bridgehead atoms. The van der Waals surface area contributed by atoms with Crippen LogP contribution in [-0.2, 0) is 11.2 Å². The Kier molecular flexibility index (Phi) is 2.10. The molecule has 0 spiro atoms. The Balaban J connectivity index is 2.49. The van der Waals surface area contributed by atoms with E-state index in [1.165, 1.54) is 0 Å². The topological polar surface area (TPSA) is 43.1 Å². The van der Waals surface area contributed by atoms with Crippen LogP contribution in [0.2, 0.25) is 0 Å². The molecule has 68 valence electrons. The van der Waals surface area contributed by atoms with Gasteiger partial charge < -0.3 is 5.73 Å². The van der Waals surface area contributed by atoms with Gasteiger partial charge in [0.25, 0.3) is 0 Å². The zero-order chi connectivity index (χ0) is 9.42. The first-order valence-corrected chi connectivity index (χ1v) is 4.65. The molecule has 1 aliphatic rings. The summed E-state index contributed by atoms with van der Waals surface area (Å²) in [5.74, 6) is -0.0691. The Morgan fingerprint density at radius 3 is 2.85 bits per heavy atom. The third-order valence-electron chi connectivity index (χ3n) is 2.38. The highest BCUT2D eigenvalue weighted by molar-refractivity contribution is 6.32. The van der Waals surface area contributed by atoms with E-state index in [1.807, 2.05) is 24.3 Å². The number of hydrogen-bond acceptors (Lipinski definition) is 2. The molecule has 1 aromatic carbocycles. The number of Topliss-reactive ketones (excluding diaryl/α,β-unsaturated/α-hetero) is 1. The first-order valence-electron chi connectivity index (χ1n) is 4.21. The fourth-order valence-electron chi connectivity index (χ4n) is 1.65. The van der Waals surface area contributed by atoms with E-state index < -0.39 is 11.4 Å². The number of halogens is 1. The van der Waals surface area contributed by atoms with Gasteiger partial charge in [-0.2, -0.15) is 0 Å². The van der Waals surface area contributed by atoms with Crippen LogP contribution >= 0.6 is 11.6 Å². The smallest absolute Gasteiger partial charge is 0.172 e. The van der Waals surface area contributed by atoms with Crippen molar-refractivity contribution in [2.45, 2.75) is 17.8 Å². The monoisotopic (exact) mass is 195 g/mol. The zero-order valence-electron chi connectivity index (χ0n) is 7.03. The van der Waals surface area contributed by atoms with E-state index in [9.17, 15) is 4.79 Å². The maximum absolute atomic E-state index is 11.4. The summed E-state index contributed by atoms with van der Waals surface area (Å²) in [7, 11) is 0. The van der Waals surface area contributed by atoms with Crippen LogP contribution in [0.1, 0.15) is 16.5 Å². The van der Waals surface area contributed by atoms with Gasteiger partial charge in [0.2, 0.25) is 0 Å². The first kappa shape index (κ1) is 8.73. The maximum atomic E-state index is 11.4. The van der Waals surface area contributed by atoms with Crippen molar-refractivity contribution in [3.8, 4) is 0 Å². The van der Waals surface area contributed by atoms with Gasteiger partial charge in [0, 0.05) is 0 Å². The Morgan fingerprint density at radius 2 is 2.08 bits per heavy atom. The number of benzene rings is 1. The molecule has 2 nitrogen and oxygen atoms in total. The van der Waals surface area contributed by atoms with Gasteiger partial charge in [-0.05, 0) is 17.5 Å². The molecule has 0 amide bonds. The molecule has 0 saturated heterocycles. The highest BCUT2D eigenvalue weighted by atomic mass is 35.5. The van der Waals surface area contributed by atoms with Crippen molar-refractivity contribution in [1.29, 1.82) is 0 Å². The number of rotatable bonds is 0. The molecule has 2 atom stereocenters. The maximum Gasteiger partial charge on any atom is 0.172 e. The summed E-state index contributed by atoms with van der Waals surface area (Å²) in [6.07, 6.45) is 0.609. The third-order valence-corrected chi connectivity index (χ3v) is 2.83. The average molecular weight is 196 g/mol. The van der Waals surface area contributed by atoms with Gasteiger partial charge in [0.1, 0.15) is 5.38 Å². The molecule has 2 N–H and O–H groups in total. The van der Waals surface area contributed by atoms with E-state index in [2.05, 4.69) is 0 Å². The van der Waals surface area contributed by atoms with Gasteiger partial charge in [0.05, 0.1) is 6.04 Å². The van der Waals surface area contributed by atoms with Crippen LogP contribution in [0.4, 0.5) is 0 Å². The standard InChI is InChI=1S/C10H10ClNO/c11-9-7-4-2-1-3-6(7)5-8(12)10(9)13/h1-4,8-9H,5,12H2. The minimum atomic E-state index is -0.556. The highest BCUT2D eigenvalue weighted by Gasteiger charge is 2.30. The molecule has 0 fully saturated rings. The number of ketones is 1. The predicted molar refractivity (Wildman–Crippen MR) is 51.7 cm³/mol. The van der Waals surface area contributed by atoms with Gasteiger partial charge in [-0.15, -0.1) is 11.6 Å². The van der Waals surface area contributed by atoms with E-state index in [1.54, 1.807) is 0 Å². The minimum absolute atomic E-state index is 0.0691. The summed E-state index contributed by atoms with van der Waals surface area (Å²) < 4.78 is 0. The van der Waals surface area contributed by atoms with E-state index >= 15 is 0 Å². The largest absolute Gasteiger partial charge is 0.321 e. The Bertz CT molecular complexity index is 351. The summed E-state index contributed by atoms with van der Waals surface area (Å²) in [6.45, 7) is 0. The van der Waals surface area contributed by atoms with Crippen LogP contribution in [0.3, 0.4) is 0 Å². The van der Waals surface area contributed by atoms with Gasteiger partial charge >= 0.3 is 0 Å². The third kappa shape index (κ3) is 1.36. The quantitative estimate of drug-likeness (QED) is 0.637. The van der Waals surface area contributed by atoms with Crippen molar-refractivity contribution < 1.29 is 4.79 Å². The molecule has 0 heterocycles. The zero-order valence-corrected chi connectivity index (χ0v) is 7.79. The van der Waals surface area contributed by atoms with E-state index in [4.69, 9.17) is 17.3 Å². The Hall–Kier alpha value is -0.860. The molecule has 2 unspecified atom stereocenters. The summed E-state index contributed by atoms with van der Waals surface area (Å²) >= 11 is 5.96. The second-order valence-electron chi connectivity index (χ2n) is 3.27. The fraction of sp³-hybridized carbons (Fsp3) is 0.300. The molecule has 0 aliphatic heterocycles. The molecule has 1 aliphatic carbocycles. The number of nitrogens with two attached hydrogens (primary N) is 1. The van der Waals surface area contributed by atoms with E-state index in [0.29, 0.717) is 6.42 Å². The predicted octanol–water partition coefficient (Wildman–Crippen LogP) is 1.42. The summed E-state index contributed by atoms with van der Waals surface area (Å²) in [6, 6.07) is 7.24. The molecule has 0 aromatic heterocycles. The van der Waals surface area contributed by atoms with Crippen LogP contribution in [0.25, 0.3) is 0 Å². The second kappa shape index (κ2) is 3.13. The average Bonchev–Trinajstić information content (AvgIpc) is 2.15. The molecule has 13 heavy (non-hydrogen) atoms. The lowest BCUT2D eigenvalue weighted by atomic mass is 9.87. The molecule has 3 heteroatoms. The molecule has 0 radical (unpaired) electrons. The number of carbonyl (C=O) groups excluding carboxylic acids is 1. The highest BCUT2D eigenvalue weighted by Crippen LogP contribution is 2.31. The van der Waals surface area contributed by atoms with Crippen LogP contribution in [0.15, 0.2) is 24.3 Å². The van der Waals surface area contributed by atoms with E-state index in [-0.39, 0.29) is 5.78 Å². The lowest BCUT2D eigenvalue weighted by molar-refractivity contribution is -0.120. The number of alkyl halides is 1. The lowest BCUT2D eigenvalue weighted by Gasteiger charge is -2.24. The Morgan fingerprint density at radius 1 is 1.38 bits per heavy atom. The number of carbonyl (C=O) groups is 1.